The van der Waals surface area contributed by atoms with Crippen LogP contribution in [0.25, 0.3) is 0 Å². The largest absolute Gasteiger partial charge is 0.454 e. The average Bonchev–Trinajstić information content (AvgIpc) is 3.12. The Balaban J connectivity index is 1.62. The zero-order valence-corrected chi connectivity index (χ0v) is 12.9. The van der Waals surface area contributed by atoms with Crippen LogP contribution in [0.1, 0.15) is 25.8 Å². The number of hydrogen-bond donors (Lipinski definition) is 3. The van der Waals surface area contributed by atoms with Crippen molar-refractivity contribution in [1.82, 2.24) is 10.6 Å². The number of hydrogen-bond acceptors (Lipinski definition) is 5. The van der Waals surface area contributed by atoms with Crippen molar-refractivity contribution in [3.63, 3.8) is 0 Å². The molecular formula is C16H22N2O4. The molecule has 0 radical (unpaired) electrons. The average molecular weight is 306 g/mol. The fourth-order valence-corrected chi connectivity index (χ4v) is 2.77. The Bertz CT molecular complexity index is 573. The third-order valence-electron chi connectivity index (χ3n) is 4.28. The molecule has 1 amide bonds. The van der Waals surface area contributed by atoms with E-state index in [0.29, 0.717) is 19.5 Å². The van der Waals surface area contributed by atoms with Crippen molar-refractivity contribution in [2.24, 2.45) is 0 Å². The first-order chi connectivity index (χ1) is 10.5. The van der Waals surface area contributed by atoms with E-state index in [1.807, 2.05) is 18.2 Å². The summed E-state index contributed by atoms with van der Waals surface area (Å²) in [7, 11) is 0. The molecule has 2 heterocycles. The SMILES string of the molecule is CC(C)(CNC(=O)[C@H]1C[C@H](O)CN1)c1ccc2c(c1)OCO2. The molecule has 0 unspecified atom stereocenters. The molecule has 2 aliphatic rings. The minimum Gasteiger partial charge on any atom is -0.454 e. The Morgan fingerprint density at radius 2 is 2.18 bits per heavy atom. The summed E-state index contributed by atoms with van der Waals surface area (Å²) in [6, 6.07) is 5.56. The molecule has 1 saturated heterocycles. The summed E-state index contributed by atoms with van der Waals surface area (Å²) in [5, 5.41) is 15.5. The van der Waals surface area contributed by atoms with E-state index in [-0.39, 0.29) is 24.2 Å². The van der Waals surface area contributed by atoms with Crippen LogP contribution < -0.4 is 20.1 Å². The van der Waals surface area contributed by atoms with E-state index in [4.69, 9.17) is 9.47 Å². The molecule has 0 aliphatic carbocycles. The molecule has 1 aromatic rings. The zero-order valence-electron chi connectivity index (χ0n) is 12.9. The Kier molecular flexibility index (Phi) is 3.97. The number of nitrogens with one attached hydrogen (secondary N) is 2. The lowest BCUT2D eigenvalue weighted by atomic mass is 9.84. The highest BCUT2D eigenvalue weighted by molar-refractivity contribution is 5.82. The first kappa shape index (κ1) is 15.1. The van der Waals surface area contributed by atoms with Crippen LogP contribution in [0.15, 0.2) is 18.2 Å². The highest BCUT2D eigenvalue weighted by Crippen LogP contribution is 2.36. The molecule has 6 heteroatoms. The van der Waals surface area contributed by atoms with Gasteiger partial charge in [0.2, 0.25) is 12.7 Å². The lowest BCUT2D eigenvalue weighted by Gasteiger charge is -2.26. The maximum atomic E-state index is 12.1. The number of benzene rings is 1. The molecule has 0 spiro atoms. The maximum absolute atomic E-state index is 12.1. The number of carbonyl (C=O) groups excluding carboxylic acids is 1. The molecule has 120 valence electrons. The predicted octanol–water partition coefficient (Wildman–Crippen LogP) is 0.532. The minimum absolute atomic E-state index is 0.0645. The number of aliphatic hydroxyl groups is 1. The Morgan fingerprint density at radius 1 is 1.41 bits per heavy atom. The van der Waals surface area contributed by atoms with Gasteiger partial charge in [0.1, 0.15) is 0 Å². The van der Waals surface area contributed by atoms with E-state index >= 15 is 0 Å². The van der Waals surface area contributed by atoms with Gasteiger partial charge in [0.05, 0.1) is 12.1 Å². The standard InChI is InChI=1S/C16H22N2O4/c1-16(2,8-18-15(20)12-6-11(19)7-17-12)10-3-4-13-14(5-10)22-9-21-13/h3-5,11-12,17,19H,6-9H2,1-2H3,(H,18,20)/t11-,12+/m0/s1. The molecule has 0 saturated carbocycles. The van der Waals surface area contributed by atoms with Crippen LogP contribution in [0, 0.1) is 0 Å². The molecule has 3 N–H and O–H groups in total. The van der Waals surface area contributed by atoms with Gasteiger partial charge < -0.3 is 25.2 Å². The van der Waals surface area contributed by atoms with Gasteiger partial charge in [-0.3, -0.25) is 4.79 Å². The number of β-amino-alcohol motifs (C(OH)–C–C–N with tert-alkyl or cyclic N) is 1. The summed E-state index contributed by atoms with van der Waals surface area (Å²) in [6.07, 6.45) is 0.0358. The molecule has 22 heavy (non-hydrogen) atoms. The summed E-state index contributed by atoms with van der Waals surface area (Å²) in [5.41, 5.74) is 0.852. The Morgan fingerprint density at radius 3 is 2.91 bits per heavy atom. The Hall–Kier alpha value is -1.79. The fraction of sp³-hybridized carbons (Fsp3) is 0.562. The van der Waals surface area contributed by atoms with Crippen molar-refractivity contribution in [1.29, 1.82) is 0 Å². The summed E-state index contributed by atoms with van der Waals surface area (Å²) in [4.78, 5) is 12.1. The molecular weight excluding hydrogens is 284 g/mol. The van der Waals surface area contributed by atoms with E-state index in [0.717, 1.165) is 17.1 Å². The number of ether oxygens (including phenoxy) is 2. The number of carbonyl (C=O) groups is 1. The second kappa shape index (κ2) is 5.78. The first-order valence-corrected chi connectivity index (χ1v) is 7.55. The summed E-state index contributed by atoms with van der Waals surface area (Å²) >= 11 is 0. The molecule has 3 rings (SSSR count). The van der Waals surface area contributed by atoms with Crippen LogP contribution in [0.3, 0.4) is 0 Å². The molecule has 0 aromatic heterocycles. The lowest BCUT2D eigenvalue weighted by Crippen LogP contribution is -2.45. The second-order valence-corrected chi connectivity index (χ2v) is 6.52. The van der Waals surface area contributed by atoms with Crippen LogP contribution in [0.2, 0.25) is 0 Å². The van der Waals surface area contributed by atoms with Crippen molar-refractivity contribution in [2.75, 3.05) is 19.9 Å². The third-order valence-corrected chi connectivity index (χ3v) is 4.28. The van der Waals surface area contributed by atoms with E-state index in [2.05, 4.69) is 24.5 Å². The van der Waals surface area contributed by atoms with Crippen LogP contribution >= 0.6 is 0 Å². The van der Waals surface area contributed by atoms with Gasteiger partial charge in [-0.2, -0.15) is 0 Å². The molecule has 0 bridgehead atoms. The smallest absolute Gasteiger partial charge is 0.237 e. The fourth-order valence-electron chi connectivity index (χ4n) is 2.77. The van der Waals surface area contributed by atoms with Gasteiger partial charge in [0, 0.05) is 18.5 Å². The summed E-state index contributed by atoms with van der Waals surface area (Å²) in [6.45, 7) is 5.39. The molecule has 6 nitrogen and oxygen atoms in total. The summed E-state index contributed by atoms with van der Waals surface area (Å²) < 4.78 is 10.7. The zero-order chi connectivity index (χ0) is 15.7. The molecule has 2 atom stereocenters. The summed E-state index contributed by atoms with van der Waals surface area (Å²) in [5.74, 6) is 1.44. The molecule has 2 aliphatic heterocycles. The van der Waals surface area contributed by atoms with Crippen LogP contribution in [-0.4, -0.2) is 43.0 Å². The lowest BCUT2D eigenvalue weighted by molar-refractivity contribution is -0.123. The highest BCUT2D eigenvalue weighted by atomic mass is 16.7. The van der Waals surface area contributed by atoms with E-state index in [1.54, 1.807) is 0 Å². The Labute approximate surface area is 129 Å². The van der Waals surface area contributed by atoms with Gasteiger partial charge in [-0.05, 0) is 24.1 Å². The number of rotatable bonds is 4. The van der Waals surface area contributed by atoms with Gasteiger partial charge >= 0.3 is 0 Å². The number of fused-ring (bicyclic) bond motifs is 1. The third kappa shape index (κ3) is 3.03. The van der Waals surface area contributed by atoms with Gasteiger partial charge in [-0.1, -0.05) is 19.9 Å². The van der Waals surface area contributed by atoms with E-state index in [9.17, 15) is 9.90 Å². The maximum Gasteiger partial charge on any atom is 0.237 e. The van der Waals surface area contributed by atoms with E-state index in [1.165, 1.54) is 0 Å². The second-order valence-electron chi connectivity index (χ2n) is 6.52. The quantitative estimate of drug-likeness (QED) is 0.756. The van der Waals surface area contributed by atoms with E-state index < -0.39 is 6.10 Å². The number of amides is 1. The van der Waals surface area contributed by atoms with Crippen molar-refractivity contribution in [3.8, 4) is 11.5 Å². The minimum atomic E-state index is -0.433. The van der Waals surface area contributed by atoms with Crippen LogP contribution in [-0.2, 0) is 10.2 Å². The highest BCUT2D eigenvalue weighted by Gasteiger charge is 2.30. The van der Waals surface area contributed by atoms with Crippen molar-refractivity contribution < 1.29 is 19.4 Å². The van der Waals surface area contributed by atoms with Crippen molar-refractivity contribution >= 4 is 5.91 Å². The van der Waals surface area contributed by atoms with Crippen LogP contribution in [0.4, 0.5) is 0 Å². The van der Waals surface area contributed by atoms with Crippen molar-refractivity contribution in [3.05, 3.63) is 23.8 Å². The molecule has 1 fully saturated rings. The first-order valence-electron chi connectivity index (χ1n) is 7.55. The normalized spacial score (nSPS) is 23.6. The van der Waals surface area contributed by atoms with Gasteiger partial charge in [-0.15, -0.1) is 0 Å². The topological polar surface area (TPSA) is 79.8 Å². The molecule has 1 aromatic carbocycles. The van der Waals surface area contributed by atoms with Gasteiger partial charge in [0.25, 0.3) is 0 Å². The van der Waals surface area contributed by atoms with Crippen molar-refractivity contribution in [2.45, 2.75) is 37.8 Å². The van der Waals surface area contributed by atoms with Crippen LogP contribution in [0.5, 0.6) is 11.5 Å². The predicted molar refractivity (Wildman–Crippen MR) is 81.0 cm³/mol. The van der Waals surface area contributed by atoms with Gasteiger partial charge in [0.15, 0.2) is 11.5 Å². The monoisotopic (exact) mass is 306 g/mol. The number of aliphatic hydroxyl groups excluding tert-OH is 1. The van der Waals surface area contributed by atoms with Gasteiger partial charge in [-0.25, -0.2) is 0 Å².